The summed E-state index contributed by atoms with van der Waals surface area (Å²) in [6.45, 7) is 0. The highest BCUT2D eigenvalue weighted by molar-refractivity contribution is 5.97. The highest BCUT2D eigenvalue weighted by Gasteiger charge is 2.10. The van der Waals surface area contributed by atoms with Crippen molar-refractivity contribution in [3.8, 4) is 6.07 Å². The maximum Gasteiger partial charge on any atom is 0.348 e. The molecule has 0 saturated heterocycles. The van der Waals surface area contributed by atoms with Crippen molar-refractivity contribution in [2.45, 2.75) is 0 Å². The second-order valence-electron chi connectivity index (χ2n) is 3.01. The molecule has 0 spiro atoms. The zero-order chi connectivity index (χ0) is 12.8. The van der Waals surface area contributed by atoms with E-state index in [9.17, 15) is 14.9 Å². The van der Waals surface area contributed by atoms with E-state index in [1.165, 1.54) is 24.3 Å². The van der Waals surface area contributed by atoms with E-state index < -0.39 is 10.9 Å². The standard InChI is InChI=1S/C11H8N2O4/c1-17-11(14)9(7-12)5-8-3-2-4-10(6-8)13(15)16/h2-6H,1H3. The molecular formula is C11H8N2O4. The maximum absolute atomic E-state index is 11.1. The number of rotatable bonds is 3. The van der Waals surface area contributed by atoms with Crippen molar-refractivity contribution >= 4 is 17.7 Å². The molecule has 1 rings (SSSR count). The fourth-order valence-electron chi connectivity index (χ4n) is 1.14. The van der Waals surface area contributed by atoms with Crippen molar-refractivity contribution in [1.29, 1.82) is 5.26 Å². The molecule has 86 valence electrons. The molecule has 0 fully saturated rings. The van der Waals surface area contributed by atoms with Gasteiger partial charge in [0.2, 0.25) is 0 Å². The quantitative estimate of drug-likeness (QED) is 0.260. The average molecular weight is 232 g/mol. The first kappa shape index (κ1) is 12.4. The Hall–Kier alpha value is -2.68. The van der Waals surface area contributed by atoms with Gasteiger partial charge in [-0.2, -0.15) is 5.26 Å². The number of non-ortho nitro benzene ring substituents is 1. The lowest BCUT2D eigenvalue weighted by atomic mass is 10.1. The van der Waals surface area contributed by atoms with Gasteiger partial charge in [0.15, 0.2) is 0 Å². The molecule has 17 heavy (non-hydrogen) atoms. The van der Waals surface area contributed by atoms with Crippen molar-refractivity contribution in [2.75, 3.05) is 7.11 Å². The van der Waals surface area contributed by atoms with E-state index in [1.54, 1.807) is 12.1 Å². The summed E-state index contributed by atoms with van der Waals surface area (Å²) in [6, 6.07) is 7.27. The van der Waals surface area contributed by atoms with Crippen LogP contribution in [0.5, 0.6) is 0 Å². The largest absolute Gasteiger partial charge is 0.465 e. The number of carbonyl (C=O) groups excluding carboxylic acids is 1. The van der Waals surface area contributed by atoms with Crippen molar-refractivity contribution in [2.24, 2.45) is 0 Å². The molecule has 0 atom stereocenters. The van der Waals surface area contributed by atoms with Gasteiger partial charge in [0, 0.05) is 12.1 Å². The van der Waals surface area contributed by atoms with Gasteiger partial charge in [0.25, 0.3) is 5.69 Å². The Labute approximate surface area is 96.9 Å². The van der Waals surface area contributed by atoms with Crippen LogP contribution in [0.15, 0.2) is 29.8 Å². The molecule has 1 aromatic carbocycles. The van der Waals surface area contributed by atoms with Crippen LogP contribution >= 0.6 is 0 Å². The van der Waals surface area contributed by atoms with Crippen LogP contribution in [0.2, 0.25) is 0 Å². The van der Waals surface area contributed by atoms with Crippen LogP contribution in [0.3, 0.4) is 0 Å². The number of nitriles is 1. The first-order valence-corrected chi connectivity index (χ1v) is 4.53. The zero-order valence-electron chi connectivity index (χ0n) is 8.91. The maximum atomic E-state index is 11.1. The number of nitro groups is 1. The third-order valence-electron chi connectivity index (χ3n) is 1.92. The number of hydrogen-bond donors (Lipinski definition) is 0. The lowest BCUT2D eigenvalue weighted by Crippen LogP contribution is -2.02. The lowest BCUT2D eigenvalue weighted by molar-refractivity contribution is -0.384. The number of ether oxygens (including phenoxy) is 1. The van der Waals surface area contributed by atoms with Crippen molar-refractivity contribution in [1.82, 2.24) is 0 Å². The number of benzene rings is 1. The second kappa shape index (κ2) is 5.42. The van der Waals surface area contributed by atoms with Gasteiger partial charge < -0.3 is 4.74 Å². The Kier molecular flexibility index (Phi) is 3.95. The van der Waals surface area contributed by atoms with Crippen LogP contribution < -0.4 is 0 Å². The van der Waals surface area contributed by atoms with Gasteiger partial charge in [-0.05, 0) is 11.6 Å². The fourth-order valence-corrected chi connectivity index (χ4v) is 1.14. The summed E-state index contributed by atoms with van der Waals surface area (Å²) >= 11 is 0. The van der Waals surface area contributed by atoms with E-state index in [0.29, 0.717) is 5.56 Å². The van der Waals surface area contributed by atoms with Gasteiger partial charge in [0.1, 0.15) is 11.6 Å². The number of nitro benzene ring substituents is 1. The summed E-state index contributed by atoms with van der Waals surface area (Å²) < 4.78 is 4.39. The van der Waals surface area contributed by atoms with E-state index in [4.69, 9.17) is 5.26 Å². The highest BCUT2D eigenvalue weighted by atomic mass is 16.6. The van der Waals surface area contributed by atoms with Gasteiger partial charge in [0.05, 0.1) is 12.0 Å². The first-order chi connectivity index (χ1) is 8.08. The SMILES string of the molecule is COC(=O)C(C#N)=Cc1cccc([N+](=O)[O-])c1. The van der Waals surface area contributed by atoms with Gasteiger partial charge >= 0.3 is 5.97 Å². The van der Waals surface area contributed by atoms with Gasteiger partial charge in [-0.3, -0.25) is 10.1 Å². The Morgan fingerprint density at radius 2 is 2.29 bits per heavy atom. The minimum absolute atomic E-state index is 0.110. The molecule has 0 heterocycles. The summed E-state index contributed by atoms with van der Waals surface area (Å²) in [4.78, 5) is 21.1. The lowest BCUT2D eigenvalue weighted by Gasteiger charge is -1.97. The molecule has 0 radical (unpaired) electrons. The highest BCUT2D eigenvalue weighted by Crippen LogP contribution is 2.15. The van der Waals surface area contributed by atoms with Crippen LogP contribution in [0.25, 0.3) is 6.08 Å². The van der Waals surface area contributed by atoms with Crippen LogP contribution in [-0.4, -0.2) is 18.0 Å². The Bertz CT molecular complexity index is 529. The number of methoxy groups -OCH3 is 1. The minimum Gasteiger partial charge on any atom is -0.465 e. The van der Waals surface area contributed by atoms with E-state index in [2.05, 4.69) is 4.74 Å². The molecule has 0 aliphatic rings. The summed E-state index contributed by atoms with van der Waals surface area (Å²) in [5, 5.41) is 19.2. The van der Waals surface area contributed by atoms with E-state index >= 15 is 0 Å². The summed E-state index contributed by atoms with van der Waals surface area (Å²) in [5.74, 6) is -0.779. The minimum atomic E-state index is -0.779. The second-order valence-corrected chi connectivity index (χ2v) is 3.01. The number of esters is 1. The van der Waals surface area contributed by atoms with Crippen molar-refractivity contribution in [3.05, 3.63) is 45.5 Å². The van der Waals surface area contributed by atoms with Crippen LogP contribution in [0.4, 0.5) is 5.69 Å². The third-order valence-corrected chi connectivity index (χ3v) is 1.92. The third kappa shape index (κ3) is 3.14. The monoisotopic (exact) mass is 232 g/mol. The van der Waals surface area contributed by atoms with Crippen molar-refractivity contribution in [3.63, 3.8) is 0 Å². The number of hydrogen-bond acceptors (Lipinski definition) is 5. The van der Waals surface area contributed by atoms with Crippen molar-refractivity contribution < 1.29 is 14.5 Å². The zero-order valence-corrected chi connectivity index (χ0v) is 8.91. The number of nitrogens with zero attached hydrogens (tertiary/aromatic N) is 2. The summed E-state index contributed by atoms with van der Waals surface area (Å²) in [7, 11) is 1.15. The molecule has 6 heteroatoms. The van der Waals surface area contributed by atoms with Gasteiger partial charge in [-0.1, -0.05) is 12.1 Å². The first-order valence-electron chi connectivity index (χ1n) is 4.53. The summed E-state index contributed by atoms with van der Waals surface area (Å²) in [6.07, 6.45) is 1.23. The van der Waals surface area contributed by atoms with Crippen LogP contribution in [-0.2, 0) is 9.53 Å². The van der Waals surface area contributed by atoms with Gasteiger partial charge in [-0.25, -0.2) is 4.79 Å². The Morgan fingerprint density at radius 1 is 1.59 bits per heavy atom. The fraction of sp³-hybridized carbons (Fsp3) is 0.0909. The number of carbonyl (C=O) groups is 1. The normalized spacial score (nSPS) is 10.5. The molecular weight excluding hydrogens is 224 g/mol. The molecule has 0 aromatic heterocycles. The Balaban J connectivity index is 3.13. The predicted molar refractivity (Wildman–Crippen MR) is 58.7 cm³/mol. The van der Waals surface area contributed by atoms with E-state index in [1.807, 2.05) is 0 Å². The van der Waals surface area contributed by atoms with Gasteiger partial charge in [-0.15, -0.1) is 0 Å². The molecule has 6 nitrogen and oxygen atoms in total. The molecule has 0 aliphatic heterocycles. The molecule has 0 saturated carbocycles. The van der Waals surface area contributed by atoms with E-state index in [-0.39, 0.29) is 11.3 Å². The summed E-state index contributed by atoms with van der Waals surface area (Å²) in [5.41, 5.74) is 0.0649. The van der Waals surface area contributed by atoms with E-state index in [0.717, 1.165) is 7.11 Å². The molecule has 0 unspecified atom stereocenters. The molecule has 0 bridgehead atoms. The topological polar surface area (TPSA) is 93.2 Å². The smallest absolute Gasteiger partial charge is 0.348 e. The van der Waals surface area contributed by atoms with Crippen LogP contribution in [0, 0.1) is 21.4 Å². The molecule has 0 aliphatic carbocycles. The Morgan fingerprint density at radius 3 is 2.82 bits per heavy atom. The molecule has 1 aromatic rings. The molecule has 0 N–H and O–H groups in total. The molecule has 0 amide bonds. The van der Waals surface area contributed by atoms with Crippen LogP contribution in [0.1, 0.15) is 5.56 Å². The average Bonchev–Trinajstić information content (AvgIpc) is 2.35. The predicted octanol–water partition coefficient (Wildman–Crippen LogP) is 1.67.